The molecule has 0 aliphatic heterocycles. The first-order valence-electron chi connectivity index (χ1n) is 6.80. The van der Waals surface area contributed by atoms with E-state index >= 15 is 0 Å². The Kier molecular flexibility index (Phi) is 4.34. The summed E-state index contributed by atoms with van der Waals surface area (Å²) in [5.41, 5.74) is -0.423. The molecule has 0 saturated carbocycles. The maximum atomic E-state index is 13.8. The highest BCUT2D eigenvalue weighted by Crippen LogP contribution is 2.29. The molecule has 3 rings (SSSR count). The third-order valence-corrected chi connectivity index (χ3v) is 3.67. The van der Waals surface area contributed by atoms with E-state index in [0.29, 0.717) is 0 Å². The number of hydrogen-bond donors (Lipinski definition) is 0. The fraction of sp³-hybridized carbons (Fsp3) is 0.133. The van der Waals surface area contributed by atoms with Crippen molar-refractivity contribution in [3.05, 3.63) is 69.2 Å². The summed E-state index contributed by atoms with van der Waals surface area (Å²) in [7, 11) is 0. The fourth-order valence-corrected chi connectivity index (χ4v) is 2.31. The Balaban J connectivity index is 1.91. The van der Waals surface area contributed by atoms with Gasteiger partial charge in [0.25, 0.3) is 5.56 Å². The predicted molar refractivity (Wildman–Crippen MR) is 79.5 cm³/mol. The first kappa shape index (κ1) is 17.2. The molecule has 130 valence electrons. The second kappa shape index (κ2) is 6.32. The minimum absolute atomic E-state index is 0.0418. The van der Waals surface area contributed by atoms with Crippen LogP contribution in [-0.2, 0) is 12.7 Å². The van der Waals surface area contributed by atoms with Crippen molar-refractivity contribution in [2.75, 3.05) is 0 Å². The van der Waals surface area contributed by atoms with Crippen LogP contribution in [0.25, 0.3) is 11.4 Å². The van der Waals surface area contributed by atoms with Gasteiger partial charge in [0.05, 0.1) is 6.54 Å². The van der Waals surface area contributed by atoms with E-state index in [1.807, 2.05) is 0 Å². The van der Waals surface area contributed by atoms with Crippen LogP contribution in [0.2, 0.25) is 5.02 Å². The standard InChI is InChI=1S/C15H8ClF4N3O2/c16-10-2-1-3-11(17)9(10)7-23-5-4-8(6-12(23)24)13-21-14(25-22-13)15(18,19)20/h1-6H,7H2. The van der Waals surface area contributed by atoms with Crippen molar-refractivity contribution < 1.29 is 22.1 Å². The molecule has 0 aliphatic carbocycles. The lowest BCUT2D eigenvalue weighted by molar-refractivity contribution is -0.159. The third-order valence-electron chi connectivity index (χ3n) is 3.31. The lowest BCUT2D eigenvalue weighted by Crippen LogP contribution is -2.20. The minimum Gasteiger partial charge on any atom is -0.329 e. The number of alkyl halides is 3. The predicted octanol–water partition coefficient (Wildman–Crippen LogP) is 3.76. The van der Waals surface area contributed by atoms with Gasteiger partial charge in [0, 0.05) is 28.4 Å². The van der Waals surface area contributed by atoms with Gasteiger partial charge in [-0.1, -0.05) is 22.8 Å². The molecule has 0 bridgehead atoms. The average molecular weight is 374 g/mol. The molecule has 2 heterocycles. The maximum absolute atomic E-state index is 13.8. The topological polar surface area (TPSA) is 60.9 Å². The second-order valence-corrected chi connectivity index (χ2v) is 5.41. The van der Waals surface area contributed by atoms with Crippen LogP contribution in [0.1, 0.15) is 11.5 Å². The molecular weight excluding hydrogens is 366 g/mol. The number of rotatable bonds is 3. The van der Waals surface area contributed by atoms with E-state index < -0.39 is 23.4 Å². The largest absolute Gasteiger partial charge is 0.471 e. The van der Waals surface area contributed by atoms with Gasteiger partial charge in [0.2, 0.25) is 5.82 Å². The Hall–Kier alpha value is -2.68. The molecule has 0 fully saturated rings. The van der Waals surface area contributed by atoms with E-state index in [0.717, 1.165) is 10.6 Å². The van der Waals surface area contributed by atoms with Crippen LogP contribution in [-0.4, -0.2) is 14.7 Å². The smallest absolute Gasteiger partial charge is 0.329 e. The molecule has 1 aromatic carbocycles. The van der Waals surface area contributed by atoms with Crippen LogP contribution in [0.3, 0.4) is 0 Å². The van der Waals surface area contributed by atoms with Crippen LogP contribution in [0.15, 0.2) is 45.8 Å². The summed E-state index contributed by atoms with van der Waals surface area (Å²) in [6.07, 6.45) is -3.49. The van der Waals surface area contributed by atoms with Gasteiger partial charge in [-0.2, -0.15) is 18.2 Å². The van der Waals surface area contributed by atoms with Gasteiger partial charge in [0.15, 0.2) is 0 Å². The molecular formula is C15H8ClF4N3O2. The van der Waals surface area contributed by atoms with Gasteiger partial charge >= 0.3 is 12.1 Å². The van der Waals surface area contributed by atoms with E-state index in [1.54, 1.807) is 0 Å². The molecule has 0 spiro atoms. The molecule has 25 heavy (non-hydrogen) atoms. The summed E-state index contributed by atoms with van der Waals surface area (Å²) in [6.45, 7) is -0.134. The first-order valence-corrected chi connectivity index (χ1v) is 7.18. The average Bonchev–Trinajstić information content (AvgIpc) is 3.02. The summed E-state index contributed by atoms with van der Waals surface area (Å²) >= 11 is 5.91. The number of pyridine rings is 1. The van der Waals surface area contributed by atoms with Crippen molar-refractivity contribution >= 4 is 11.6 Å². The summed E-state index contributed by atoms with van der Waals surface area (Å²) in [5, 5.41) is 3.36. The maximum Gasteiger partial charge on any atom is 0.471 e. The minimum atomic E-state index is -4.78. The van der Waals surface area contributed by atoms with Crippen molar-refractivity contribution in [2.24, 2.45) is 0 Å². The fourth-order valence-electron chi connectivity index (χ4n) is 2.09. The van der Waals surface area contributed by atoms with Crippen LogP contribution in [0.4, 0.5) is 17.6 Å². The summed E-state index contributed by atoms with van der Waals surface area (Å²) in [6, 6.07) is 6.47. The highest BCUT2D eigenvalue weighted by atomic mass is 35.5. The molecule has 0 radical (unpaired) electrons. The molecule has 3 aromatic rings. The first-order chi connectivity index (χ1) is 11.8. The Morgan fingerprint density at radius 2 is 2.00 bits per heavy atom. The highest BCUT2D eigenvalue weighted by molar-refractivity contribution is 6.31. The van der Waals surface area contributed by atoms with Crippen molar-refractivity contribution in [1.29, 1.82) is 0 Å². The zero-order chi connectivity index (χ0) is 18.2. The molecule has 0 atom stereocenters. The van der Waals surface area contributed by atoms with Gasteiger partial charge in [-0.15, -0.1) is 0 Å². The van der Waals surface area contributed by atoms with Gasteiger partial charge in [-0.25, -0.2) is 4.39 Å². The lowest BCUT2D eigenvalue weighted by Gasteiger charge is -2.09. The molecule has 5 nitrogen and oxygen atoms in total. The van der Waals surface area contributed by atoms with Crippen LogP contribution in [0.5, 0.6) is 0 Å². The van der Waals surface area contributed by atoms with Crippen LogP contribution >= 0.6 is 11.6 Å². The van der Waals surface area contributed by atoms with E-state index in [-0.39, 0.29) is 28.5 Å². The Morgan fingerprint density at radius 3 is 2.60 bits per heavy atom. The molecule has 10 heteroatoms. The summed E-state index contributed by atoms with van der Waals surface area (Å²) in [5.74, 6) is -2.46. The molecule has 2 aromatic heterocycles. The third kappa shape index (κ3) is 3.55. The highest BCUT2D eigenvalue weighted by Gasteiger charge is 2.38. The number of benzene rings is 1. The number of hydrogen-bond acceptors (Lipinski definition) is 4. The van der Waals surface area contributed by atoms with Crippen LogP contribution < -0.4 is 5.56 Å². The zero-order valence-electron chi connectivity index (χ0n) is 12.2. The molecule has 0 aliphatic rings. The Bertz CT molecular complexity index is 961. The van der Waals surface area contributed by atoms with Gasteiger partial charge in [0.1, 0.15) is 5.82 Å². The van der Waals surface area contributed by atoms with Gasteiger partial charge in [-0.3, -0.25) is 4.79 Å². The van der Waals surface area contributed by atoms with Gasteiger partial charge in [-0.05, 0) is 18.2 Å². The van der Waals surface area contributed by atoms with Gasteiger partial charge < -0.3 is 9.09 Å². The number of nitrogens with zero attached hydrogens (tertiary/aromatic N) is 3. The van der Waals surface area contributed by atoms with Crippen molar-refractivity contribution in [1.82, 2.24) is 14.7 Å². The molecule has 0 N–H and O–H groups in total. The number of halogens is 5. The van der Waals surface area contributed by atoms with Crippen molar-refractivity contribution in [3.63, 3.8) is 0 Å². The monoisotopic (exact) mass is 373 g/mol. The molecule has 0 saturated heterocycles. The van der Waals surface area contributed by atoms with Crippen molar-refractivity contribution in [3.8, 4) is 11.4 Å². The van der Waals surface area contributed by atoms with E-state index in [1.165, 1.54) is 30.5 Å². The summed E-state index contributed by atoms with van der Waals surface area (Å²) in [4.78, 5) is 15.3. The molecule has 0 amide bonds. The second-order valence-electron chi connectivity index (χ2n) is 5.00. The van der Waals surface area contributed by atoms with E-state index in [2.05, 4.69) is 14.7 Å². The molecule has 0 unspecified atom stereocenters. The Labute approximate surface area is 142 Å². The van der Waals surface area contributed by atoms with Crippen LogP contribution in [0, 0.1) is 5.82 Å². The lowest BCUT2D eigenvalue weighted by atomic mass is 10.2. The summed E-state index contributed by atoms with van der Waals surface area (Å²) < 4.78 is 56.5. The SMILES string of the molecule is O=c1cc(-c2noc(C(F)(F)F)n2)ccn1Cc1c(F)cccc1Cl. The van der Waals surface area contributed by atoms with E-state index in [9.17, 15) is 22.4 Å². The van der Waals surface area contributed by atoms with E-state index in [4.69, 9.17) is 11.6 Å². The number of aromatic nitrogens is 3. The zero-order valence-corrected chi connectivity index (χ0v) is 13.0. The van der Waals surface area contributed by atoms with Crippen molar-refractivity contribution in [2.45, 2.75) is 12.7 Å². The normalized spacial score (nSPS) is 11.7. The Morgan fingerprint density at radius 1 is 1.24 bits per heavy atom. The quantitative estimate of drug-likeness (QED) is 0.656.